The molecule has 0 aliphatic carbocycles. The van der Waals surface area contributed by atoms with E-state index in [1.54, 1.807) is 48.4 Å². The predicted octanol–water partition coefficient (Wildman–Crippen LogP) is 0.427. The van der Waals surface area contributed by atoms with Crippen LogP contribution in [0.2, 0.25) is 0 Å². The Morgan fingerprint density at radius 2 is 2.11 bits per heavy atom. The summed E-state index contributed by atoms with van der Waals surface area (Å²) >= 11 is 0. The van der Waals surface area contributed by atoms with Crippen LogP contribution in [0.1, 0.15) is 23.1 Å². The topological polar surface area (TPSA) is 147 Å². The Bertz CT molecular complexity index is 1280. The van der Waals surface area contributed by atoms with Gasteiger partial charge in [-0.3, -0.25) is 19.4 Å². The third-order valence-corrected chi connectivity index (χ3v) is 7.15. The number of carbonyl (C=O) groups excluding carboxylic acids is 3. The second-order valence-electron chi connectivity index (χ2n) is 9.62. The molecule has 0 spiro atoms. The molecule has 0 aromatic heterocycles. The second kappa shape index (κ2) is 10.9. The first kappa shape index (κ1) is 25.8. The fraction of sp³-hybridized carbons (Fsp3) is 0.407. The second-order valence-corrected chi connectivity index (χ2v) is 9.62. The van der Waals surface area contributed by atoms with E-state index in [0.29, 0.717) is 36.8 Å². The van der Waals surface area contributed by atoms with E-state index in [0.717, 1.165) is 23.1 Å². The van der Waals surface area contributed by atoms with Crippen molar-refractivity contribution in [2.24, 2.45) is 10.7 Å². The molecule has 3 amide bonds. The molecule has 3 atom stereocenters. The van der Waals surface area contributed by atoms with Crippen molar-refractivity contribution in [3.05, 3.63) is 59.2 Å². The van der Waals surface area contributed by atoms with Gasteiger partial charge in [-0.1, -0.05) is 12.1 Å². The van der Waals surface area contributed by atoms with Crippen molar-refractivity contribution in [1.82, 2.24) is 4.90 Å². The minimum absolute atomic E-state index is 0.000720. The van der Waals surface area contributed by atoms with Crippen molar-refractivity contribution in [3.8, 4) is 0 Å². The summed E-state index contributed by atoms with van der Waals surface area (Å²) in [4.78, 5) is 46.2. The largest absolute Gasteiger partial charge is 0.383 e. The molecule has 5 rings (SSSR count). The monoisotopic (exact) mass is 521 g/mol. The number of nitrogens with zero attached hydrogens (tertiary/aromatic N) is 3. The molecule has 200 valence electrons. The number of rotatable bonds is 7. The van der Waals surface area contributed by atoms with Crippen LogP contribution >= 0.6 is 0 Å². The minimum Gasteiger partial charge on any atom is -0.383 e. The molecule has 11 nitrogen and oxygen atoms in total. The number of methoxy groups -OCH3 is 1. The number of carbonyl (C=O) groups is 3. The number of morpholine rings is 1. The van der Waals surface area contributed by atoms with Gasteiger partial charge in [-0.15, -0.1) is 0 Å². The van der Waals surface area contributed by atoms with Gasteiger partial charge < -0.3 is 35.4 Å². The molecule has 11 heteroatoms. The van der Waals surface area contributed by atoms with Crippen molar-refractivity contribution in [2.45, 2.75) is 37.7 Å². The normalized spacial score (nSPS) is 21.7. The minimum atomic E-state index is -1.71. The third-order valence-electron chi connectivity index (χ3n) is 7.15. The number of anilines is 2. The number of nitrogens with one attached hydrogen (secondary N) is 1. The molecule has 38 heavy (non-hydrogen) atoms. The van der Waals surface area contributed by atoms with Gasteiger partial charge in [-0.2, -0.15) is 0 Å². The van der Waals surface area contributed by atoms with Gasteiger partial charge in [0.25, 0.3) is 11.8 Å². The first-order valence-electron chi connectivity index (χ1n) is 12.6. The van der Waals surface area contributed by atoms with Crippen LogP contribution in [0.5, 0.6) is 0 Å². The molecule has 2 fully saturated rings. The molecule has 4 N–H and O–H groups in total. The Labute approximate surface area is 220 Å². The summed E-state index contributed by atoms with van der Waals surface area (Å²) in [6.07, 6.45) is -1.99. The maximum absolute atomic E-state index is 13.3. The van der Waals surface area contributed by atoms with Crippen LogP contribution in [0.4, 0.5) is 11.4 Å². The third kappa shape index (κ3) is 5.26. The van der Waals surface area contributed by atoms with Crippen LogP contribution < -0.4 is 16.0 Å². The molecular weight excluding hydrogens is 490 g/mol. The van der Waals surface area contributed by atoms with E-state index in [1.165, 1.54) is 4.90 Å². The number of hydrogen-bond acceptors (Lipinski definition) is 8. The number of likely N-dealkylation sites (tertiary alicyclic amines) is 1. The molecule has 0 bridgehead atoms. The number of ether oxygens (including phenoxy) is 2. The Balaban J connectivity index is 1.23. The summed E-state index contributed by atoms with van der Waals surface area (Å²) in [5, 5.41) is 13.4. The van der Waals surface area contributed by atoms with Gasteiger partial charge in [-0.25, -0.2) is 0 Å². The van der Waals surface area contributed by atoms with E-state index in [-0.39, 0.29) is 31.6 Å². The van der Waals surface area contributed by atoms with Crippen molar-refractivity contribution >= 4 is 34.9 Å². The first-order chi connectivity index (χ1) is 18.3. The van der Waals surface area contributed by atoms with Gasteiger partial charge in [0, 0.05) is 43.7 Å². The molecule has 2 aromatic rings. The van der Waals surface area contributed by atoms with Crippen molar-refractivity contribution in [3.63, 3.8) is 0 Å². The standard InChI is InChI=1S/C27H31N5O6/c1-37-20-7-8-31(15-20)22(33)12-16-3-2-4-19(11-16)32-9-10-38-24(27(32)36)23(34)26(35)30-18-5-6-21-17(13-18)14-29-25(21)28/h2-6,11,13,20,23-24,34H,7-10,12,14-15H2,1H3,(H2,28,29)(H,30,35). The van der Waals surface area contributed by atoms with Gasteiger partial charge in [0.15, 0.2) is 12.2 Å². The Kier molecular flexibility index (Phi) is 7.41. The van der Waals surface area contributed by atoms with Crippen LogP contribution in [0.25, 0.3) is 0 Å². The van der Waals surface area contributed by atoms with E-state index in [2.05, 4.69) is 10.3 Å². The zero-order chi connectivity index (χ0) is 26.8. The fourth-order valence-electron chi connectivity index (χ4n) is 5.02. The maximum Gasteiger partial charge on any atom is 0.259 e. The average molecular weight is 522 g/mol. The first-order valence-corrected chi connectivity index (χ1v) is 12.6. The quantitative estimate of drug-likeness (QED) is 0.479. The molecule has 0 saturated carbocycles. The smallest absolute Gasteiger partial charge is 0.259 e. The van der Waals surface area contributed by atoms with Crippen molar-refractivity contribution in [1.29, 1.82) is 0 Å². The average Bonchev–Trinajstić information content (AvgIpc) is 3.55. The highest BCUT2D eigenvalue weighted by atomic mass is 16.5. The Morgan fingerprint density at radius 1 is 1.26 bits per heavy atom. The molecule has 3 heterocycles. The number of aliphatic hydroxyl groups is 1. The zero-order valence-electron chi connectivity index (χ0n) is 21.1. The molecule has 2 saturated heterocycles. The SMILES string of the molecule is COC1CCN(C(=O)Cc2cccc(N3CCOC(C(O)C(=O)Nc4ccc5c(c4)CN=C5N)C3=O)c2)C1. The van der Waals surface area contributed by atoms with E-state index in [9.17, 15) is 19.5 Å². The van der Waals surface area contributed by atoms with Gasteiger partial charge in [0.2, 0.25) is 5.91 Å². The number of aliphatic hydroxyl groups excluding tert-OH is 1. The zero-order valence-corrected chi connectivity index (χ0v) is 21.1. The van der Waals surface area contributed by atoms with Crippen molar-refractivity contribution in [2.75, 3.05) is 43.6 Å². The number of benzene rings is 2. The fourth-order valence-corrected chi connectivity index (χ4v) is 5.02. The maximum atomic E-state index is 13.3. The van der Waals surface area contributed by atoms with E-state index < -0.39 is 24.0 Å². The predicted molar refractivity (Wildman–Crippen MR) is 140 cm³/mol. The van der Waals surface area contributed by atoms with Crippen LogP contribution in [-0.2, 0) is 36.8 Å². The number of amidine groups is 1. The number of amides is 3. The highest BCUT2D eigenvalue weighted by Gasteiger charge is 2.39. The Morgan fingerprint density at radius 3 is 2.89 bits per heavy atom. The lowest BCUT2D eigenvalue weighted by atomic mass is 10.1. The summed E-state index contributed by atoms with van der Waals surface area (Å²) in [6, 6.07) is 12.3. The highest BCUT2D eigenvalue weighted by molar-refractivity contribution is 6.05. The highest BCUT2D eigenvalue weighted by Crippen LogP contribution is 2.25. The van der Waals surface area contributed by atoms with Crippen LogP contribution in [0.15, 0.2) is 47.5 Å². The lowest BCUT2D eigenvalue weighted by molar-refractivity contribution is -0.150. The van der Waals surface area contributed by atoms with Crippen molar-refractivity contribution < 1.29 is 29.0 Å². The Hall–Kier alpha value is -3.80. The lowest BCUT2D eigenvalue weighted by Crippen LogP contribution is -2.55. The molecular formula is C27H31N5O6. The van der Waals surface area contributed by atoms with Gasteiger partial charge in [0.05, 0.1) is 25.7 Å². The molecule has 3 aliphatic heterocycles. The molecule has 3 unspecified atom stereocenters. The van der Waals surface area contributed by atoms with Gasteiger partial charge in [-0.05, 0) is 47.9 Å². The summed E-state index contributed by atoms with van der Waals surface area (Å²) in [5.74, 6) is -0.833. The molecule has 0 radical (unpaired) electrons. The molecule has 2 aromatic carbocycles. The van der Waals surface area contributed by atoms with E-state index >= 15 is 0 Å². The number of hydrogen-bond donors (Lipinski definition) is 3. The van der Waals surface area contributed by atoms with E-state index in [1.807, 2.05) is 6.07 Å². The summed E-state index contributed by atoms with van der Waals surface area (Å²) in [7, 11) is 1.65. The van der Waals surface area contributed by atoms with Gasteiger partial charge >= 0.3 is 0 Å². The summed E-state index contributed by atoms with van der Waals surface area (Å²) < 4.78 is 10.9. The van der Waals surface area contributed by atoms with Gasteiger partial charge in [0.1, 0.15) is 5.84 Å². The number of nitrogens with two attached hydrogens (primary N) is 1. The van der Waals surface area contributed by atoms with Crippen LogP contribution in [-0.4, -0.2) is 85.2 Å². The van der Waals surface area contributed by atoms with E-state index in [4.69, 9.17) is 15.2 Å². The lowest BCUT2D eigenvalue weighted by Gasteiger charge is -2.34. The van der Waals surface area contributed by atoms with Crippen LogP contribution in [0.3, 0.4) is 0 Å². The summed E-state index contributed by atoms with van der Waals surface area (Å²) in [5.41, 5.74) is 9.32. The summed E-state index contributed by atoms with van der Waals surface area (Å²) in [6.45, 7) is 2.06. The number of aliphatic imine (C=N–C) groups is 1. The molecule has 3 aliphatic rings. The van der Waals surface area contributed by atoms with Crippen LogP contribution in [0, 0.1) is 0 Å². The number of fused-ring (bicyclic) bond motifs is 1.